The van der Waals surface area contributed by atoms with Gasteiger partial charge in [-0.3, -0.25) is 4.90 Å². The predicted molar refractivity (Wildman–Crippen MR) is 122 cm³/mol. The molecule has 5 heteroatoms. The lowest BCUT2D eigenvalue weighted by Gasteiger charge is -2.39. The van der Waals surface area contributed by atoms with E-state index >= 15 is 0 Å². The molecule has 2 fully saturated rings. The van der Waals surface area contributed by atoms with Gasteiger partial charge in [-0.1, -0.05) is 48.0 Å². The van der Waals surface area contributed by atoms with Crippen molar-refractivity contribution in [3.63, 3.8) is 0 Å². The number of fused-ring (bicyclic) bond motifs is 3. The van der Waals surface area contributed by atoms with Gasteiger partial charge in [-0.25, -0.2) is 4.79 Å². The van der Waals surface area contributed by atoms with Gasteiger partial charge in [-0.15, -0.1) is 0 Å². The number of hydrogen-bond donors (Lipinski definition) is 0. The van der Waals surface area contributed by atoms with Gasteiger partial charge in [-0.05, 0) is 78.0 Å². The fourth-order valence-electron chi connectivity index (χ4n) is 5.80. The highest BCUT2D eigenvalue weighted by molar-refractivity contribution is 6.30. The summed E-state index contributed by atoms with van der Waals surface area (Å²) in [6.07, 6.45) is 8.10. The van der Waals surface area contributed by atoms with Crippen molar-refractivity contribution in [2.24, 2.45) is 0 Å². The summed E-state index contributed by atoms with van der Waals surface area (Å²) in [6, 6.07) is 15.4. The Labute approximate surface area is 187 Å². The molecule has 0 aromatic heterocycles. The van der Waals surface area contributed by atoms with Crippen molar-refractivity contribution < 1.29 is 9.53 Å². The van der Waals surface area contributed by atoms with Crippen molar-refractivity contribution in [1.29, 1.82) is 0 Å². The number of halogens is 1. The van der Waals surface area contributed by atoms with Crippen LogP contribution >= 0.6 is 11.6 Å². The molecular formula is C26H25ClN2O2. The summed E-state index contributed by atoms with van der Waals surface area (Å²) in [4.78, 5) is 16.1. The topological polar surface area (TPSA) is 32.8 Å². The largest absolute Gasteiger partial charge is 0.439 e. The van der Waals surface area contributed by atoms with E-state index in [1.54, 1.807) is 11.9 Å². The average molecular weight is 433 g/mol. The van der Waals surface area contributed by atoms with Gasteiger partial charge in [0.05, 0.1) is 6.04 Å². The van der Waals surface area contributed by atoms with E-state index in [9.17, 15) is 4.79 Å². The highest BCUT2D eigenvalue weighted by Gasteiger charge is 2.42. The molecule has 1 amide bonds. The van der Waals surface area contributed by atoms with Gasteiger partial charge in [-0.2, -0.15) is 0 Å². The van der Waals surface area contributed by atoms with E-state index in [1.807, 2.05) is 12.1 Å². The maximum Gasteiger partial charge on any atom is 0.410 e. The highest BCUT2D eigenvalue weighted by Crippen LogP contribution is 2.47. The van der Waals surface area contributed by atoms with Gasteiger partial charge >= 0.3 is 6.09 Å². The van der Waals surface area contributed by atoms with Crippen molar-refractivity contribution in [3.8, 4) is 0 Å². The van der Waals surface area contributed by atoms with Crippen molar-refractivity contribution in [2.75, 3.05) is 20.1 Å². The SMILES string of the molecule is CN1C(=O)OC2C=C(c3ccc4c(c3)CN3CCC4(c4ccc(Cl)cc4)CC3)C=CC21. The van der Waals surface area contributed by atoms with Crippen LogP contribution in [0, 0.1) is 0 Å². The zero-order chi connectivity index (χ0) is 21.2. The molecule has 5 aliphatic rings. The van der Waals surface area contributed by atoms with Crippen molar-refractivity contribution >= 4 is 23.3 Å². The molecule has 0 saturated carbocycles. The van der Waals surface area contributed by atoms with Crippen LogP contribution in [0.15, 0.2) is 60.7 Å². The molecule has 4 heterocycles. The average Bonchev–Trinajstić information content (AvgIpc) is 2.92. The molecule has 2 atom stereocenters. The minimum atomic E-state index is -0.256. The maximum absolute atomic E-state index is 11.9. The second-order valence-corrected chi connectivity index (χ2v) is 9.60. The number of allylic oxidation sites excluding steroid dienone is 2. The Hall–Kier alpha value is -2.56. The number of carbonyl (C=O) groups is 1. The standard InChI is InChI=1S/C26H25ClN2O2/c1-28-23-9-3-18(15-24(23)31-25(28)30)17-2-8-22-19(14-17)16-29-12-10-26(22,11-13-29)20-4-6-21(27)7-5-20/h2-9,14-15,23-24H,10-13,16H2,1H3. The van der Waals surface area contributed by atoms with Crippen LogP contribution < -0.4 is 0 Å². The third kappa shape index (κ3) is 2.96. The minimum absolute atomic E-state index is 0.00722. The first-order valence-corrected chi connectivity index (χ1v) is 11.4. The number of amides is 1. The van der Waals surface area contributed by atoms with E-state index < -0.39 is 0 Å². The molecular weight excluding hydrogens is 408 g/mol. The number of benzene rings is 2. The van der Waals surface area contributed by atoms with E-state index in [0.29, 0.717) is 0 Å². The summed E-state index contributed by atoms with van der Waals surface area (Å²) in [6.45, 7) is 3.21. The number of rotatable bonds is 2. The molecule has 0 N–H and O–H groups in total. The van der Waals surface area contributed by atoms with Gasteiger partial charge in [0.1, 0.15) is 6.10 Å². The Morgan fingerprint density at radius 3 is 2.65 bits per heavy atom. The van der Waals surface area contributed by atoms with Crippen LogP contribution in [0.2, 0.25) is 5.02 Å². The highest BCUT2D eigenvalue weighted by atomic mass is 35.5. The summed E-state index contributed by atoms with van der Waals surface area (Å²) in [7, 11) is 1.79. The number of hydrogen-bond acceptors (Lipinski definition) is 3. The third-order valence-electron chi connectivity index (χ3n) is 7.58. The molecule has 4 nitrogen and oxygen atoms in total. The Morgan fingerprint density at radius 2 is 1.87 bits per heavy atom. The van der Waals surface area contributed by atoms with Crippen molar-refractivity contribution in [2.45, 2.75) is 36.9 Å². The van der Waals surface area contributed by atoms with Crippen LogP contribution in [-0.2, 0) is 16.7 Å². The van der Waals surface area contributed by atoms with E-state index in [4.69, 9.17) is 16.3 Å². The number of carbonyl (C=O) groups excluding carboxylic acids is 1. The zero-order valence-corrected chi connectivity index (χ0v) is 18.3. The molecule has 31 heavy (non-hydrogen) atoms. The monoisotopic (exact) mass is 432 g/mol. The molecule has 4 aliphatic heterocycles. The molecule has 2 aromatic carbocycles. The number of likely N-dealkylation sites (N-methyl/N-ethyl adjacent to an activating group) is 1. The molecule has 158 valence electrons. The smallest absolute Gasteiger partial charge is 0.410 e. The van der Waals surface area contributed by atoms with E-state index in [0.717, 1.165) is 43.1 Å². The Morgan fingerprint density at radius 1 is 1.10 bits per heavy atom. The minimum Gasteiger partial charge on any atom is -0.439 e. The van der Waals surface area contributed by atoms with Crippen LogP contribution in [0.25, 0.3) is 5.57 Å². The summed E-state index contributed by atoms with van der Waals surface area (Å²) in [5.74, 6) is 0. The first kappa shape index (κ1) is 19.1. The lowest BCUT2D eigenvalue weighted by atomic mass is 9.68. The summed E-state index contributed by atoms with van der Waals surface area (Å²) >= 11 is 6.19. The van der Waals surface area contributed by atoms with Gasteiger partial charge in [0.25, 0.3) is 0 Å². The van der Waals surface area contributed by atoms with Crippen LogP contribution in [0.1, 0.15) is 35.1 Å². The van der Waals surface area contributed by atoms with Gasteiger partial charge in [0, 0.05) is 24.0 Å². The lowest BCUT2D eigenvalue weighted by Crippen LogP contribution is -2.39. The first-order chi connectivity index (χ1) is 15.0. The van der Waals surface area contributed by atoms with E-state index in [2.05, 4.69) is 53.5 Å². The van der Waals surface area contributed by atoms with E-state index in [-0.39, 0.29) is 23.7 Å². The molecule has 2 aromatic rings. The summed E-state index contributed by atoms with van der Waals surface area (Å²) in [5.41, 5.74) is 6.58. The molecule has 0 spiro atoms. The first-order valence-electron chi connectivity index (χ1n) is 11.0. The van der Waals surface area contributed by atoms with Gasteiger partial charge in [0.2, 0.25) is 0 Å². The molecule has 2 bridgehead atoms. The normalized spacial score (nSPS) is 31.0. The predicted octanol–water partition coefficient (Wildman–Crippen LogP) is 5.01. The molecule has 1 aliphatic carbocycles. The summed E-state index contributed by atoms with van der Waals surface area (Å²) in [5, 5.41) is 0.786. The molecule has 7 rings (SSSR count). The van der Waals surface area contributed by atoms with Gasteiger partial charge < -0.3 is 9.64 Å². The van der Waals surface area contributed by atoms with Crippen molar-refractivity contribution in [1.82, 2.24) is 9.80 Å². The molecule has 2 saturated heterocycles. The zero-order valence-electron chi connectivity index (χ0n) is 17.6. The van der Waals surface area contributed by atoms with Gasteiger partial charge in [0.15, 0.2) is 0 Å². The third-order valence-corrected chi connectivity index (χ3v) is 7.83. The number of nitrogens with zero attached hydrogens (tertiary/aromatic N) is 2. The lowest BCUT2D eigenvalue weighted by molar-refractivity contribution is 0.148. The fourth-order valence-corrected chi connectivity index (χ4v) is 5.92. The van der Waals surface area contributed by atoms with E-state index in [1.165, 1.54) is 22.3 Å². The summed E-state index contributed by atoms with van der Waals surface area (Å²) < 4.78 is 5.53. The number of piperidine rings is 1. The fraction of sp³-hybridized carbons (Fsp3) is 0.346. The Bertz CT molecular complexity index is 1110. The van der Waals surface area contributed by atoms with Crippen LogP contribution in [0.3, 0.4) is 0 Å². The van der Waals surface area contributed by atoms with Crippen LogP contribution in [-0.4, -0.2) is 48.2 Å². The Kier molecular flexibility index (Phi) is 4.31. The Balaban J connectivity index is 1.41. The second kappa shape index (κ2) is 6.98. The molecule has 2 unspecified atom stereocenters. The van der Waals surface area contributed by atoms with Crippen molar-refractivity contribution in [3.05, 3.63) is 88.0 Å². The molecule has 0 radical (unpaired) electrons. The quantitative estimate of drug-likeness (QED) is 0.668. The second-order valence-electron chi connectivity index (χ2n) is 9.17. The maximum atomic E-state index is 11.9. The van der Waals surface area contributed by atoms with Crippen LogP contribution in [0.5, 0.6) is 0 Å². The number of ether oxygens (including phenoxy) is 1. The van der Waals surface area contributed by atoms with Crippen LogP contribution in [0.4, 0.5) is 4.79 Å².